The number of halogens is 5. The van der Waals surface area contributed by atoms with E-state index in [4.69, 9.17) is 0 Å². The molecule has 3 aromatic rings. The van der Waals surface area contributed by atoms with Crippen molar-refractivity contribution in [1.29, 1.82) is 0 Å². The zero-order valence-electron chi connectivity index (χ0n) is 17.5. The summed E-state index contributed by atoms with van der Waals surface area (Å²) in [4.78, 5) is 23.7. The van der Waals surface area contributed by atoms with Crippen LogP contribution in [0.3, 0.4) is 0 Å². The molecule has 0 saturated carbocycles. The second-order valence-corrected chi connectivity index (χ2v) is 7.64. The lowest BCUT2D eigenvalue weighted by Crippen LogP contribution is -2.17. The lowest BCUT2D eigenvalue weighted by Gasteiger charge is -2.24. The van der Waals surface area contributed by atoms with E-state index in [0.29, 0.717) is 12.1 Å². The number of hydrogen-bond acceptors (Lipinski definition) is 5. The van der Waals surface area contributed by atoms with Gasteiger partial charge in [-0.25, -0.2) is 18.3 Å². The van der Waals surface area contributed by atoms with Gasteiger partial charge in [-0.2, -0.15) is 23.3 Å². The van der Waals surface area contributed by atoms with Crippen LogP contribution in [-0.4, -0.2) is 30.3 Å². The highest BCUT2D eigenvalue weighted by Gasteiger charge is 2.32. The van der Waals surface area contributed by atoms with E-state index in [2.05, 4.69) is 20.1 Å². The largest absolute Gasteiger partial charge is 0.433 e. The molecule has 0 N–H and O–H groups in total. The fraction of sp³-hybridized carbons (Fsp3) is 0.476. The van der Waals surface area contributed by atoms with E-state index >= 15 is 0 Å². The first-order chi connectivity index (χ1) is 15.1. The average Bonchev–Trinajstić information content (AvgIpc) is 3.22. The summed E-state index contributed by atoms with van der Waals surface area (Å²) >= 11 is 0. The third-order valence-corrected chi connectivity index (χ3v) is 5.39. The van der Waals surface area contributed by atoms with E-state index < -0.39 is 24.0 Å². The standard InChI is InChI=1S/C21H22F5N5O/c1-3-4-12(2)14(16-9-15(19(22)23)30-20-28-11-29-31(16)20)6-7-17(32)13-5-8-18(27-10-13)21(24,25)26/h5,8-12,14,19H,3-4,6-7H2,1-2H3/t12?,14-/m1/s1. The number of rotatable bonds is 9. The predicted octanol–water partition coefficient (Wildman–Crippen LogP) is 5.66. The molecule has 3 rings (SSSR count). The molecule has 0 radical (unpaired) electrons. The highest BCUT2D eigenvalue weighted by atomic mass is 19.4. The number of Topliss-reactive ketones (excluding diaryl/α,β-unsaturated/α-hetero) is 1. The van der Waals surface area contributed by atoms with Gasteiger partial charge in [0.05, 0.1) is 5.69 Å². The van der Waals surface area contributed by atoms with Crippen molar-refractivity contribution >= 4 is 11.6 Å². The highest BCUT2D eigenvalue weighted by Crippen LogP contribution is 2.34. The summed E-state index contributed by atoms with van der Waals surface area (Å²) in [5, 5.41) is 4.10. The second kappa shape index (κ2) is 9.66. The Balaban J connectivity index is 1.87. The van der Waals surface area contributed by atoms with Crippen molar-refractivity contribution in [3.8, 4) is 0 Å². The van der Waals surface area contributed by atoms with E-state index in [1.807, 2.05) is 13.8 Å². The van der Waals surface area contributed by atoms with Crippen molar-refractivity contribution in [1.82, 2.24) is 24.6 Å². The number of aromatic nitrogens is 5. The molecular weight excluding hydrogens is 433 g/mol. The van der Waals surface area contributed by atoms with Crippen LogP contribution in [0.4, 0.5) is 22.0 Å². The van der Waals surface area contributed by atoms with Crippen LogP contribution < -0.4 is 0 Å². The highest BCUT2D eigenvalue weighted by molar-refractivity contribution is 5.95. The molecule has 11 heteroatoms. The van der Waals surface area contributed by atoms with Gasteiger partial charge in [-0.1, -0.05) is 26.7 Å². The molecule has 0 amide bonds. The molecule has 0 aromatic carbocycles. The molecule has 0 aliphatic rings. The van der Waals surface area contributed by atoms with Crippen molar-refractivity contribution in [2.45, 2.75) is 58.1 Å². The number of pyridine rings is 1. The van der Waals surface area contributed by atoms with E-state index in [9.17, 15) is 26.7 Å². The van der Waals surface area contributed by atoms with Crippen LogP contribution in [0.1, 0.15) is 79.3 Å². The van der Waals surface area contributed by atoms with Crippen LogP contribution in [0, 0.1) is 5.92 Å². The second-order valence-electron chi connectivity index (χ2n) is 7.64. The molecule has 6 nitrogen and oxygen atoms in total. The van der Waals surface area contributed by atoms with E-state index in [1.54, 1.807) is 0 Å². The lowest BCUT2D eigenvalue weighted by molar-refractivity contribution is -0.141. The first-order valence-corrected chi connectivity index (χ1v) is 10.2. The summed E-state index contributed by atoms with van der Waals surface area (Å²) < 4.78 is 66.2. The van der Waals surface area contributed by atoms with Gasteiger partial charge >= 0.3 is 6.18 Å². The molecule has 3 aromatic heterocycles. The Kier molecular flexibility index (Phi) is 7.15. The smallest absolute Gasteiger partial charge is 0.294 e. The number of carbonyl (C=O) groups excluding carboxylic acids is 1. The Morgan fingerprint density at radius 1 is 1.16 bits per heavy atom. The lowest BCUT2D eigenvalue weighted by atomic mass is 9.83. The number of hydrogen-bond donors (Lipinski definition) is 0. The third kappa shape index (κ3) is 5.25. The molecule has 0 fully saturated rings. The Bertz CT molecular complexity index is 1060. The van der Waals surface area contributed by atoms with Gasteiger partial charge in [0.2, 0.25) is 0 Å². The molecule has 0 bridgehead atoms. The molecule has 2 atom stereocenters. The Hall–Kier alpha value is -2.98. The minimum absolute atomic E-state index is 0.00822. The number of ketones is 1. The molecule has 1 unspecified atom stereocenters. The SMILES string of the molecule is CCCC(C)[C@@H](CCC(=O)c1ccc(C(F)(F)F)nc1)c1cc(C(F)F)nc2ncnn12. The summed E-state index contributed by atoms with van der Waals surface area (Å²) in [6, 6.07) is 3.15. The topological polar surface area (TPSA) is 73.0 Å². The van der Waals surface area contributed by atoms with Crippen LogP contribution in [0.2, 0.25) is 0 Å². The van der Waals surface area contributed by atoms with Crippen LogP contribution >= 0.6 is 0 Å². The number of carbonyl (C=O) groups is 1. The predicted molar refractivity (Wildman–Crippen MR) is 105 cm³/mol. The number of nitrogens with zero attached hydrogens (tertiary/aromatic N) is 5. The van der Waals surface area contributed by atoms with Gasteiger partial charge in [-0.3, -0.25) is 9.78 Å². The quantitative estimate of drug-likeness (QED) is 0.308. The zero-order valence-corrected chi connectivity index (χ0v) is 17.5. The molecule has 3 heterocycles. The van der Waals surface area contributed by atoms with Crippen molar-refractivity contribution in [3.05, 3.63) is 53.4 Å². The van der Waals surface area contributed by atoms with Crippen molar-refractivity contribution in [3.63, 3.8) is 0 Å². The van der Waals surface area contributed by atoms with Gasteiger partial charge in [-0.05, 0) is 30.5 Å². The Morgan fingerprint density at radius 2 is 1.91 bits per heavy atom. The van der Waals surface area contributed by atoms with Gasteiger partial charge in [0.25, 0.3) is 12.2 Å². The van der Waals surface area contributed by atoms with Crippen molar-refractivity contribution < 1.29 is 26.7 Å². The molecule has 0 spiro atoms. The summed E-state index contributed by atoms with van der Waals surface area (Å²) in [5.74, 6) is -0.618. The van der Waals surface area contributed by atoms with E-state index in [1.165, 1.54) is 16.9 Å². The number of fused-ring (bicyclic) bond motifs is 1. The summed E-state index contributed by atoms with van der Waals surface area (Å²) in [6.07, 6.45) is -3.32. The summed E-state index contributed by atoms with van der Waals surface area (Å²) in [7, 11) is 0. The molecule has 0 aliphatic carbocycles. The average molecular weight is 455 g/mol. The Morgan fingerprint density at radius 3 is 2.50 bits per heavy atom. The van der Waals surface area contributed by atoms with E-state index in [0.717, 1.165) is 31.2 Å². The molecular formula is C21H22F5N5O. The Labute approximate surface area is 180 Å². The van der Waals surface area contributed by atoms with Gasteiger partial charge in [0, 0.05) is 24.1 Å². The van der Waals surface area contributed by atoms with Gasteiger partial charge in [0.15, 0.2) is 5.78 Å². The molecule has 0 aliphatic heterocycles. The maximum absolute atomic E-state index is 13.4. The van der Waals surface area contributed by atoms with Crippen LogP contribution in [0.5, 0.6) is 0 Å². The monoisotopic (exact) mass is 455 g/mol. The molecule has 32 heavy (non-hydrogen) atoms. The summed E-state index contributed by atoms with van der Waals surface area (Å²) in [6.45, 7) is 3.96. The van der Waals surface area contributed by atoms with E-state index in [-0.39, 0.29) is 35.4 Å². The fourth-order valence-corrected chi connectivity index (χ4v) is 3.77. The fourth-order valence-electron chi connectivity index (χ4n) is 3.77. The van der Waals surface area contributed by atoms with Crippen molar-refractivity contribution in [2.75, 3.05) is 0 Å². The number of alkyl halides is 5. The summed E-state index contributed by atoms with van der Waals surface area (Å²) in [5.41, 5.74) is -0.961. The molecule has 0 saturated heterocycles. The first kappa shape index (κ1) is 23.7. The van der Waals surface area contributed by atoms with Gasteiger partial charge in [0.1, 0.15) is 17.7 Å². The molecule has 172 valence electrons. The first-order valence-electron chi connectivity index (χ1n) is 10.2. The van der Waals surface area contributed by atoms with Crippen LogP contribution in [0.15, 0.2) is 30.7 Å². The minimum atomic E-state index is -4.59. The van der Waals surface area contributed by atoms with Crippen LogP contribution in [0.25, 0.3) is 5.78 Å². The van der Waals surface area contributed by atoms with Gasteiger partial charge in [-0.15, -0.1) is 0 Å². The van der Waals surface area contributed by atoms with Crippen LogP contribution in [-0.2, 0) is 6.18 Å². The van der Waals surface area contributed by atoms with Gasteiger partial charge < -0.3 is 0 Å². The minimum Gasteiger partial charge on any atom is -0.294 e. The normalized spacial score (nSPS) is 14.1. The third-order valence-electron chi connectivity index (χ3n) is 5.39. The zero-order chi connectivity index (χ0) is 23.5. The maximum atomic E-state index is 13.4. The van der Waals surface area contributed by atoms with Crippen molar-refractivity contribution in [2.24, 2.45) is 5.92 Å². The maximum Gasteiger partial charge on any atom is 0.433 e.